The van der Waals surface area contributed by atoms with E-state index >= 15 is 0 Å². The van der Waals surface area contributed by atoms with Gasteiger partial charge in [0.15, 0.2) is 0 Å². The van der Waals surface area contributed by atoms with E-state index < -0.39 is 10.0 Å². The van der Waals surface area contributed by atoms with Crippen molar-refractivity contribution in [1.29, 1.82) is 0 Å². The third-order valence-electron chi connectivity index (χ3n) is 3.12. The molecule has 6 heteroatoms. The average molecular weight is 308 g/mol. The third-order valence-corrected chi connectivity index (χ3v) is 4.59. The molecule has 4 nitrogen and oxygen atoms in total. The first-order valence-corrected chi connectivity index (χ1v) is 7.94. The maximum Gasteiger partial charge on any atom is 0.242 e. The smallest absolute Gasteiger partial charge is 0.242 e. The first-order valence-electron chi connectivity index (χ1n) is 6.45. The van der Waals surface area contributed by atoms with Gasteiger partial charge in [-0.15, -0.1) is 0 Å². The Bertz CT molecular complexity index is 745. The second-order valence-corrected chi connectivity index (χ2v) is 6.51. The molecule has 0 aliphatic carbocycles. The van der Waals surface area contributed by atoms with E-state index in [1.54, 1.807) is 30.3 Å². The largest absolute Gasteiger partial charge is 0.380 e. The molecule has 0 saturated carbocycles. The Kier molecular flexibility index (Phi) is 4.59. The van der Waals surface area contributed by atoms with Crippen LogP contribution >= 0.6 is 0 Å². The van der Waals surface area contributed by atoms with Crippen molar-refractivity contribution in [1.82, 2.24) is 4.72 Å². The molecule has 2 rings (SSSR count). The Morgan fingerprint density at radius 2 is 1.86 bits per heavy atom. The lowest BCUT2D eigenvalue weighted by Gasteiger charge is -2.12. The van der Waals surface area contributed by atoms with Crippen LogP contribution in [-0.4, -0.2) is 15.5 Å². The van der Waals surface area contributed by atoms with Crippen molar-refractivity contribution >= 4 is 15.7 Å². The van der Waals surface area contributed by atoms with Crippen LogP contribution in [0.3, 0.4) is 0 Å². The minimum Gasteiger partial charge on any atom is -0.380 e. The zero-order valence-corrected chi connectivity index (χ0v) is 12.7. The number of benzene rings is 2. The number of halogens is 1. The molecule has 2 N–H and O–H groups in total. The number of hydrogen-bond acceptors (Lipinski definition) is 3. The van der Waals surface area contributed by atoms with E-state index in [0.717, 1.165) is 5.56 Å². The summed E-state index contributed by atoms with van der Waals surface area (Å²) in [6, 6.07) is 11.4. The average Bonchev–Trinajstić information content (AvgIpc) is 2.48. The van der Waals surface area contributed by atoms with E-state index in [1.807, 2.05) is 6.92 Å². The van der Waals surface area contributed by atoms with Crippen LogP contribution in [0.5, 0.6) is 0 Å². The summed E-state index contributed by atoms with van der Waals surface area (Å²) in [6.45, 7) is 2.09. The van der Waals surface area contributed by atoms with Crippen LogP contribution in [0, 0.1) is 12.7 Å². The molecule has 0 aliphatic rings. The molecule has 2 aromatic carbocycles. The quantitative estimate of drug-likeness (QED) is 0.893. The Hall–Kier alpha value is -1.92. The second-order valence-electron chi connectivity index (χ2n) is 4.65. The summed E-state index contributed by atoms with van der Waals surface area (Å²) in [5.74, 6) is -0.318. The molecule has 21 heavy (non-hydrogen) atoms. The summed E-state index contributed by atoms with van der Waals surface area (Å²) in [7, 11) is -2.20. The molecule has 0 radical (unpaired) electrons. The molecule has 0 unspecified atom stereocenters. The monoisotopic (exact) mass is 308 g/mol. The van der Waals surface area contributed by atoms with Crippen molar-refractivity contribution in [2.45, 2.75) is 18.4 Å². The van der Waals surface area contributed by atoms with Gasteiger partial charge in [-0.2, -0.15) is 0 Å². The lowest BCUT2D eigenvalue weighted by Crippen LogP contribution is -2.20. The zero-order chi connectivity index (χ0) is 15.5. The molecule has 0 aromatic heterocycles. The first kappa shape index (κ1) is 15.5. The third kappa shape index (κ3) is 3.59. The zero-order valence-electron chi connectivity index (χ0n) is 11.9. The number of anilines is 1. The molecule has 0 bridgehead atoms. The molecular weight excluding hydrogens is 291 g/mol. The van der Waals surface area contributed by atoms with Crippen molar-refractivity contribution < 1.29 is 12.8 Å². The molecule has 0 spiro atoms. The fourth-order valence-electron chi connectivity index (χ4n) is 1.99. The van der Waals surface area contributed by atoms with Gasteiger partial charge in [-0.1, -0.05) is 29.8 Å². The van der Waals surface area contributed by atoms with Gasteiger partial charge in [-0.25, -0.2) is 17.5 Å². The van der Waals surface area contributed by atoms with Gasteiger partial charge < -0.3 is 5.32 Å². The highest BCUT2D eigenvalue weighted by molar-refractivity contribution is 7.89. The van der Waals surface area contributed by atoms with Gasteiger partial charge in [0.2, 0.25) is 10.0 Å². The lowest BCUT2D eigenvalue weighted by atomic mass is 10.1. The topological polar surface area (TPSA) is 58.2 Å². The van der Waals surface area contributed by atoms with Gasteiger partial charge in [0.05, 0.1) is 5.69 Å². The van der Waals surface area contributed by atoms with E-state index in [1.165, 1.54) is 19.2 Å². The van der Waals surface area contributed by atoms with Crippen LogP contribution in [0.15, 0.2) is 47.4 Å². The van der Waals surface area contributed by atoms with E-state index in [2.05, 4.69) is 10.0 Å². The second kappa shape index (κ2) is 6.24. The maximum atomic E-state index is 13.7. The molecule has 0 fully saturated rings. The predicted molar refractivity (Wildman–Crippen MR) is 81.2 cm³/mol. The molecule has 0 saturated heterocycles. The molecule has 0 aliphatic heterocycles. The molecule has 112 valence electrons. The molecule has 2 aromatic rings. The SMILES string of the molecule is CNS(=O)(=O)c1ccccc1NCc1cc(C)ccc1F. The number of rotatable bonds is 5. The summed E-state index contributed by atoms with van der Waals surface area (Å²) in [5, 5.41) is 2.98. The highest BCUT2D eigenvalue weighted by Gasteiger charge is 2.16. The van der Waals surface area contributed by atoms with Crippen molar-refractivity contribution in [3.8, 4) is 0 Å². The van der Waals surface area contributed by atoms with E-state index in [4.69, 9.17) is 0 Å². The van der Waals surface area contributed by atoms with E-state index in [-0.39, 0.29) is 17.3 Å². The summed E-state index contributed by atoms with van der Waals surface area (Å²) < 4.78 is 39.8. The van der Waals surface area contributed by atoms with Gasteiger partial charge >= 0.3 is 0 Å². The maximum absolute atomic E-state index is 13.7. The number of para-hydroxylation sites is 1. The van der Waals surface area contributed by atoms with Crippen LogP contribution in [0.4, 0.5) is 10.1 Å². The Morgan fingerprint density at radius 3 is 2.57 bits per heavy atom. The summed E-state index contributed by atoms with van der Waals surface area (Å²) in [5.41, 5.74) is 1.88. The number of nitrogens with one attached hydrogen (secondary N) is 2. The number of sulfonamides is 1. The molecule has 0 amide bonds. The molecule has 0 atom stereocenters. The summed E-state index contributed by atoms with van der Waals surface area (Å²) >= 11 is 0. The number of aryl methyl sites for hydroxylation is 1. The van der Waals surface area contributed by atoms with Crippen molar-refractivity contribution in [2.75, 3.05) is 12.4 Å². The van der Waals surface area contributed by atoms with Gasteiger partial charge in [0, 0.05) is 12.1 Å². The molecular formula is C15H17FN2O2S. The van der Waals surface area contributed by atoms with Crippen molar-refractivity contribution in [3.05, 3.63) is 59.4 Å². The predicted octanol–water partition coefficient (Wildman–Crippen LogP) is 2.65. The minimum atomic E-state index is -3.56. The summed E-state index contributed by atoms with van der Waals surface area (Å²) in [4.78, 5) is 0.139. The van der Waals surface area contributed by atoms with Crippen LogP contribution < -0.4 is 10.0 Å². The first-order chi connectivity index (χ1) is 9.94. The van der Waals surface area contributed by atoms with E-state index in [0.29, 0.717) is 11.3 Å². The van der Waals surface area contributed by atoms with Crippen LogP contribution in [0.2, 0.25) is 0 Å². The van der Waals surface area contributed by atoms with Crippen LogP contribution in [0.25, 0.3) is 0 Å². The van der Waals surface area contributed by atoms with Gasteiger partial charge in [0.25, 0.3) is 0 Å². The van der Waals surface area contributed by atoms with Crippen molar-refractivity contribution in [3.63, 3.8) is 0 Å². The Balaban J connectivity index is 2.27. The van der Waals surface area contributed by atoms with Crippen LogP contribution in [-0.2, 0) is 16.6 Å². The highest BCUT2D eigenvalue weighted by Crippen LogP contribution is 2.21. The standard InChI is InChI=1S/C15H17FN2O2S/c1-11-7-8-13(16)12(9-11)10-18-14-5-3-4-6-15(14)21(19,20)17-2/h3-9,17-18H,10H2,1-2H3. The van der Waals surface area contributed by atoms with Gasteiger partial charge in [-0.05, 0) is 32.2 Å². The fourth-order valence-corrected chi connectivity index (χ4v) is 2.89. The molecule has 0 heterocycles. The Morgan fingerprint density at radius 1 is 1.14 bits per heavy atom. The van der Waals surface area contributed by atoms with Gasteiger partial charge in [0.1, 0.15) is 10.7 Å². The summed E-state index contributed by atoms with van der Waals surface area (Å²) in [6.07, 6.45) is 0. The highest BCUT2D eigenvalue weighted by atomic mass is 32.2. The van der Waals surface area contributed by atoms with Crippen molar-refractivity contribution in [2.24, 2.45) is 0 Å². The normalized spacial score (nSPS) is 11.4. The van der Waals surface area contributed by atoms with Gasteiger partial charge in [-0.3, -0.25) is 0 Å². The number of hydrogen-bond donors (Lipinski definition) is 2. The van der Waals surface area contributed by atoms with Crippen LogP contribution in [0.1, 0.15) is 11.1 Å². The minimum absolute atomic E-state index is 0.139. The van der Waals surface area contributed by atoms with E-state index in [9.17, 15) is 12.8 Å². The lowest BCUT2D eigenvalue weighted by molar-refractivity contribution is 0.588. The Labute approximate surface area is 124 Å². The fraction of sp³-hybridized carbons (Fsp3) is 0.200.